The van der Waals surface area contributed by atoms with Crippen LogP contribution in [-0.2, 0) is 6.54 Å². The number of rotatable bonds is 4. The minimum absolute atomic E-state index is 0.109. The summed E-state index contributed by atoms with van der Waals surface area (Å²) in [6.45, 7) is 4.53. The monoisotopic (exact) mass is 365 g/mol. The zero-order chi connectivity index (χ0) is 18.8. The van der Waals surface area contributed by atoms with Crippen molar-refractivity contribution in [2.75, 3.05) is 38.1 Å². The molecule has 1 fully saturated rings. The zero-order valence-corrected chi connectivity index (χ0v) is 15.3. The van der Waals surface area contributed by atoms with Gasteiger partial charge in [0.2, 0.25) is 0 Å². The van der Waals surface area contributed by atoms with E-state index in [1.54, 1.807) is 0 Å². The molecule has 0 radical (unpaired) electrons. The van der Waals surface area contributed by atoms with E-state index >= 15 is 0 Å². The topological polar surface area (TPSA) is 84.2 Å². The number of aromatic nitrogens is 2. The fraction of sp³-hybridized carbons (Fsp3) is 0.300. The predicted octanol–water partition coefficient (Wildman–Crippen LogP) is 1.54. The summed E-state index contributed by atoms with van der Waals surface area (Å²) < 4.78 is 0. The van der Waals surface area contributed by atoms with Gasteiger partial charge in [0, 0.05) is 44.0 Å². The molecule has 0 unspecified atom stereocenters. The van der Waals surface area contributed by atoms with E-state index in [1.807, 2.05) is 42.5 Å². The van der Waals surface area contributed by atoms with Crippen LogP contribution in [0.4, 0.5) is 5.69 Å². The molecule has 2 heterocycles. The molecule has 0 spiro atoms. The highest BCUT2D eigenvalue weighted by Crippen LogP contribution is 2.17. The van der Waals surface area contributed by atoms with Crippen LogP contribution in [0.25, 0.3) is 11.0 Å². The van der Waals surface area contributed by atoms with E-state index in [2.05, 4.69) is 32.1 Å². The van der Waals surface area contributed by atoms with Gasteiger partial charge in [-0.05, 0) is 49.0 Å². The van der Waals surface area contributed by atoms with Gasteiger partial charge in [-0.25, -0.2) is 4.79 Å². The van der Waals surface area contributed by atoms with Gasteiger partial charge in [0.25, 0.3) is 5.91 Å². The van der Waals surface area contributed by atoms with Crippen LogP contribution in [0.15, 0.2) is 47.3 Å². The Morgan fingerprint density at radius 1 is 1.00 bits per heavy atom. The summed E-state index contributed by atoms with van der Waals surface area (Å²) in [6, 6.07) is 13.4. The Morgan fingerprint density at radius 3 is 2.44 bits per heavy atom. The summed E-state index contributed by atoms with van der Waals surface area (Å²) >= 11 is 0. The number of nitrogens with one attached hydrogen (secondary N) is 3. The van der Waals surface area contributed by atoms with Gasteiger partial charge in [-0.15, -0.1) is 0 Å². The third kappa shape index (κ3) is 3.88. The van der Waals surface area contributed by atoms with Crippen molar-refractivity contribution in [1.29, 1.82) is 0 Å². The van der Waals surface area contributed by atoms with Crippen molar-refractivity contribution in [3.8, 4) is 0 Å². The molecular formula is C20H23N5O2. The molecule has 140 valence electrons. The molecule has 1 saturated heterocycles. The van der Waals surface area contributed by atoms with Crippen molar-refractivity contribution >= 4 is 22.6 Å². The van der Waals surface area contributed by atoms with Crippen molar-refractivity contribution in [2.45, 2.75) is 6.54 Å². The molecule has 0 atom stereocenters. The molecule has 1 aliphatic rings. The SMILES string of the molecule is CN1CCN(c2ccc(C(=O)NCc3ccc4[nH]c(=O)[nH]c4c3)cc2)CC1. The van der Waals surface area contributed by atoms with Crippen LogP contribution < -0.4 is 15.9 Å². The van der Waals surface area contributed by atoms with Gasteiger partial charge >= 0.3 is 5.69 Å². The lowest BCUT2D eigenvalue weighted by molar-refractivity contribution is 0.0951. The second-order valence-corrected chi connectivity index (χ2v) is 6.98. The van der Waals surface area contributed by atoms with Gasteiger partial charge < -0.3 is 25.1 Å². The third-order valence-electron chi connectivity index (χ3n) is 5.03. The van der Waals surface area contributed by atoms with Crippen LogP contribution in [0.2, 0.25) is 0 Å². The number of carbonyl (C=O) groups is 1. The first-order chi connectivity index (χ1) is 13.1. The van der Waals surface area contributed by atoms with Crippen LogP contribution in [0.3, 0.4) is 0 Å². The van der Waals surface area contributed by atoms with Crippen LogP contribution in [0, 0.1) is 0 Å². The summed E-state index contributed by atoms with van der Waals surface area (Å²) in [6.07, 6.45) is 0. The van der Waals surface area contributed by atoms with E-state index in [9.17, 15) is 9.59 Å². The highest BCUT2D eigenvalue weighted by atomic mass is 16.1. The molecule has 2 aromatic carbocycles. The van der Waals surface area contributed by atoms with E-state index < -0.39 is 0 Å². The maximum Gasteiger partial charge on any atom is 0.323 e. The van der Waals surface area contributed by atoms with Crippen LogP contribution in [0.1, 0.15) is 15.9 Å². The number of amides is 1. The molecule has 1 aliphatic heterocycles. The Kier molecular flexibility index (Phi) is 4.68. The molecular weight excluding hydrogens is 342 g/mol. The maximum atomic E-state index is 12.4. The minimum Gasteiger partial charge on any atom is -0.369 e. The smallest absolute Gasteiger partial charge is 0.323 e. The van der Waals surface area contributed by atoms with E-state index in [-0.39, 0.29) is 11.6 Å². The van der Waals surface area contributed by atoms with Crippen LogP contribution >= 0.6 is 0 Å². The number of anilines is 1. The summed E-state index contributed by atoms with van der Waals surface area (Å²) in [4.78, 5) is 33.8. The molecule has 7 nitrogen and oxygen atoms in total. The number of hydrogen-bond donors (Lipinski definition) is 3. The average molecular weight is 365 g/mol. The first-order valence-electron chi connectivity index (χ1n) is 9.11. The largest absolute Gasteiger partial charge is 0.369 e. The fourth-order valence-corrected chi connectivity index (χ4v) is 3.36. The van der Waals surface area contributed by atoms with Crippen molar-refractivity contribution in [1.82, 2.24) is 20.2 Å². The Hall–Kier alpha value is -3.06. The van der Waals surface area contributed by atoms with Crippen LogP contribution in [-0.4, -0.2) is 54.0 Å². The predicted molar refractivity (Wildman–Crippen MR) is 106 cm³/mol. The quantitative estimate of drug-likeness (QED) is 0.655. The molecule has 0 bridgehead atoms. The summed E-state index contributed by atoms with van der Waals surface area (Å²) in [5, 5.41) is 2.93. The Labute approximate surface area is 157 Å². The lowest BCUT2D eigenvalue weighted by Crippen LogP contribution is -2.44. The second-order valence-electron chi connectivity index (χ2n) is 6.98. The number of imidazole rings is 1. The summed E-state index contributed by atoms with van der Waals surface area (Å²) in [5.74, 6) is -0.109. The van der Waals surface area contributed by atoms with E-state index in [0.29, 0.717) is 12.1 Å². The third-order valence-corrected chi connectivity index (χ3v) is 5.03. The number of likely N-dealkylation sites (N-methyl/N-ethyl adjacent to an activating group) is 1. The van der Waals surface area contributed by atoms with Gasteiger partial charge in [0.15, 0.2) is 0 Å². The van der Waals surface area contributed by atoms with Gasteiger partial charge in [0.05, 0.1) is 11.0 Å². The molecule has 7 heteroatoms. The number of aromatic amines is 2. The standard InChI is InChI=1S/C20H23N5O2/c1-24-8-10-25(11-9-24)16-5-3-15(4-6-16)19(26)21-13-14-2-7-17-18(12-14)23-20(27)22-17/h2-7,12H,8-11,13H2,1H3,(H,21,26)(H2,22,23,27). The first-order valence-corrected chi connectivity index (χ1v) is 9.11. The summed E-state index contributed by atoms with van der Waals surface area (Å²) in [5.41, 5.74) is 4.00. The molecule has 1 aromatic heterocycles. The lowest BCUT2D eigenvalue weighted by atomic mass is 10.1. The van der Waals surface area contributed by atoms with Crippen LogP contribution in [0.5, 0.6) is 0 Å². The number of H-pyrrole nitrogens is 2. The normalized spacial score (nSPS) is 15.2. The summed E-state index contributed by atoms with van der Waals surface area (Å²) in [7, 11) is 2.14. The van der Waals surface area contributed by atoms with Gasteiger partial charge in [-0.1, -0.05) is 6.07 Å². The lowest BCUT2D eigenvalue weighted by Gasteiger charge is -2.34. The average Bonchev–Trinajstić information content (AvgIpc) is 3.06. The molecule has 3 N–H and O–H groups in total. The minimum atomic E-state index is -0.230. The molecule has 4 rings (SSSR count). The second kappa shape index (κ2) is 7.28. The molecule has 3 aromatic rings. The molecule has 0 saturated carbocycles. The van der Waals surface area contributed by atoms with Crippen molar-refractivity contribution < 1.29 is 4.79 Å². The molecule has 27 heavy (non-hydrogen) atoms. The van der Waals surface area contributed by atoms with Crippen molar-refractivity contribution in [3.63, 3.8) is 0 Å². The number of nitrogens with zero attached hydrogens (tertiary/aromatic N) is 2. The van der Waals surface area contributed by atoms with E-state index in [1.165, 1.54) is 0 Å². The Bertz CT molecular complexity index is 997. The number of benzene rings is 2. The molecule has 1 amide bonds. The van der Waals surface area contributed by atoms with Crippen molar-refractivity contribution in [2.24, 2.45) is 0 Å². The fourth-order valence-electron chi connectivity index (χ4n) is 3.36. The number of fused-ring (bicyclic) bond motifs is 1. The van der Waals surface area contributed by atoms with E-state index in [0.717, 1.165) is 48.5 Å². The highest BCUT2D eigenvalue weighted by molar-refractivity contribution is 5.94. The van der Waals surface area contributed by atoms with Gasteiger partial charge in [0.1, 0.15) is 0 Å². The molecule has 0 aliphatic carbocycles. The Balaban J connectivity index is 1.38. The van der Waals surface area contributed by atoms with Gasteiger partial charge in [-0.2, -0.15) is 0 Å². The maximum absolute atomic E-state index is 12.4. The highest BCUT2D eigenvalue weighted by Gasteiger charge is 2.14. The van der Waals surface area contributed by atoms with Crippen molar-refractivity contribution in [3.05, 3.63) is 64.1 Å². The van der Waals surface area contributed by atoms with E-state index in [4.69, 9.17) is 0 Å². The Morgan fingerprint density at radius 2 is 1.70 bits per heavy atom. The first kappa shape index (κ1) is 17.4. The zero-order valence-electron chi connectivity index (χ0n) is 15.3. The van der Waals surface area contributed by atoms with Gasteiger partial charge in [-0.3, -0.25) is 4.79 Å². The number of hydrogen-bond acceptors (Lipinski definition) is 4. The number of piperazine rings is 1. The number of carbonyl (C=O) groups excluding carboxylic acids is 1.